The summed E-state index contributed by atoms with van der Waals surface area (Å²) in [6.07, 6.45) is 1.15. The third-order valence-electron chi connectivity index (χ3n) is 1.25. The Morgan fingerprint density at radius 3 is 2.83 bits per heavy atom. The fourth-order valence-corrected chi connectivity index (χ4v) is 0.689. The first kappa shape index (κ1) is 8.45. The number of carbonyl (C=O) groups is 1. The van der Waals surface area contributed by atoms with Gasteiger partial charge < -0.3 is 9.84 Å². The third-order valence-corrected chi connectivity index (χ3v) is 1.25. The van der Waals surface area contributed by atoms with Crippen LogP contribution in [0.15, 0.2) is 12.3 Å². The molecule has 1 aromatic heterocycles. The van der Waals surface area contributed by atoms with Crippen LogP contribution >= 0.6 is 0 Å². The van der Waals surface area contributed by atoms with Gasteiger partial charge in [-0.15, -0.1) is 0 Å². The minimum atomic E-state index is -1.39. The molecule has 0 atom stereocenters. The number of hydrogen-bond acceptors (Lipinski definition) is 3. The molecule has 0 radical (unpaired) electrons. The number of halogens is 1. The van der Waals surface area contributed by atoms with Crippen molar-refractivity contribution in [1.82, 2.24) is 4.98 Å². The molecule has 1 rings (SSSR count). The lowest BCUT2D eigenvalue weighted by Gasteiger charge is -1.99. The molecule has 64 valence electrons. The summed E-state index contributed by atoms with van der Waals surface area (Å²) in [6, 6.07) is 0.969. The molecule has 0 aliphatic carbocycles. The van der Waals surface area contributed by atoms with Crippen molar-refractivity contribution < 1.29 is 19.0 Å². The smallest absolute Gasteiger partial charge is 0.357 e. The molecule has 1 heterocycles. The summed E-state index contributed by atoms with van der Waals surface area (Å²) in [6.45, 7) is 0. The Morgan fingerprint density at radius 2 is 2.42 bits per heavy atom. The maximum Gasteiger partial charge on any atom is 0.357 e. The van der Waals surface area contributed by atoms with Gasteiger partial charge in [0.05, 0.1) is 13.3 Å². The second-order valence-corrected chi connectivity index (χ2v) is 2.01. The summed E-state index contributed by atoms with van der Waals surface area (Å²) in [7, 11) is 1.34. The van der Waals surface area contributed by atoms with Crippen molar-refractivity contribution in [3.05, 3.63) is 23.8 Å². The monoisotopic (exact) mass is 171 g/mol. The maximum absolute atomic E-state index is 12.8. The molecule has 1 aromatic rings. The van der Waals surface area contributed by atoms with E-state index in [1.807, 2.05) is 0 Å². The number of pyridine rings is 1. The molecule has 0 saturated heterocycles. The summed E-state index contributed by atoms with van der Waals surface area (Å²) >= 11 is 0. The van der Waals surface area contributed by atoms with E-state index in [4.69, 9.17) is 5.11 Å². The van der Waals surface area contributed by atoms with Crippen LogP contribution < -0.4 is 4.74 Å². The normalized spacial score (nSPS) is 9.50. The van der Waals surface area contributed by atoms with Gasteiger partial charge in [-0.2, -0.15) is 0 Å². The van der Waals surface area contributed by atoms with E-state index in [-0.39, 0.29) is 5.75 Å². The molecule has 0 spiro atoms. The zero-order chi connectivity index (χ0) is 9.14. The lowest BCUT2D eigenvalue weighted by atomic mass is 10.3. The number of carboxylic acid groups (broad SMARTS) is 1. The van der Waals surface area contributed by atoms with Crippen molar-refractivity contribution in [3.8, 4) is 5.75 Å². The maximum atomic E-state index is 12.8. The van der Waals surface area contributed by atoms with Gasteiger partial charge >= 0.3 is 5.97 Å². The van der Waals surface area contributed by atoms with Crippen LogP contribution in [0.2, 0.25) is 0 Å². The van der Waals surface area contributed by atoms with E-state index in [1.54, 1.807) is 0 Å². The molecule has 0 aromatic carbocycles. The van der Waals surface area contributed by atoms with Gasteiger partial charge in [0.15, 0.2) is 11.5 Å². The number of aromatic nitrogens is 1. The first-order chi connectivity index (χ1) is 5.65. The Hall–Kier alpha value is -1.65. The van der Waals surface area contributed by atoms with E-state index >= 15 is 0 Å². The van der Waals surface area contributed by atoms with Crippen LogP contribution in [0.5, 0.6) is 5.75 Å². The minimum absolute atomic E-state index is 0.192. The van der Waals surface area contributed by atoms with Crippen molar-refractivity contribution in [3.63, 3.8) is 0 Å². The lowest BCUT2D eigenvalue weighted by Crippen LogP contribution is -2.03. The van der Waals surface area contributed by atoms with Crippen LogP contribution in [-0.2, 0) is 0 Å². The summed E-state index contributed by atoms with van der Waals surface area (Å²) in [4.78, 5) is 13.6. The molecule has 0 bridgehead atoms. The topological polar surface area (TPSA) is 59.4 Å². The van der Waals surface area contributed by atoms with Crippen molar-refractivity contribution in [1.29, 1.82) is 0 Å². The lowest BCUT2D eigenvalue weighted by molar-refractivity contribution is 0.0685. The standard InChI is InChI=1S/C7H6FNO3/c1-12-4-2-5(8)6(7(10)11)9-3-4/h2-3H,1H3,(H,10,11). The summed E-state index contributed by atoms with van der Waals surface area (Å²) in [5.74, 6) is -2.10. The Bertz CT molecular complexity index is 314. The molecule has 12 heavy (non-hydrogen) atoms. The highest BCUT2D eigenvalue weighted by Gasteiger charge is 2.11. The molecule has 1 N–H and O–H groups in total. The molecule has 5 heteroatoms. The number of nitrogens with zero attached hydrogens (tertiary/aromatic N) is 1. The molecule has 4 nitrogen and oxygen atoms in total. The van der Waals surface area contributed by atoms with Gasteiger partial charge in [0.25, 0.3) is 0 Å². The molecular weight excluding hydrogens is 165 g/mol. The van der Waals surface area contributed by atoms with E-state index in [2.05, 4.69) is 9.72 Å². The zero-order valence-electron chi connectivity index (χ0n) is 6.24. The predicted octanol–water partition coefficient (Wildman–Crippen LogP) is 0.927. The molecule has 0 fully saturated rings. The fourth-order valence-electron chi connectivity index (χ4n) is 0.689. The number of carboxylic acids is 1. The summed E-state index contributed by atoms with van der Waals surface area (Å²) in [5, 5.41) is 8.39. The van der Waals surface area contributed by atoms with Crippen LogP contribution in [-0.4, -0.2) is 23.2 Å². The molecule has 0 amide bonds. The van der Waals surface area contributed by atoms with Crippen LogP contribution in [0.1, 0.15) is 10.5 Å². The quantitative estimate of drug-likeness (QED) is 0.718. The van der Waals surface area contributed by atoms with E-state index in [9.17, 15) is 9.18 Å². The van der Waals surface area contributed by atoms with Crippen molar-refractivity contribution >= 4 is 5.97 Å². The number of rotatable bonds is 2. The van der Waals surface area contributed by atoms with Gasteiger partial charge in [-0.3, -0.25) is 0 Å². The largest absolute Gasteiger partial charge is 0.495 e. The second kappa shape index (κ2) is 3.17. The molecule has 0 aliphatic heterocycles. The minimum Gasteiger partial charge on any atom is -0.495 e. The average Bonchev–Trinajstić information content (AvgIpc) is 2.03. The summed E-state index contributed by atoms with van der Waals surface area (Å²) < 4.78 is 17.4. The van der Waals surface area contributed by atoms with Crippen LogP contribution in [0.3, 0.4) is 0 Å². The molecule has 0 saturated carbocycles. The fraction of sp³-hybridized carbons (Fsp3) is 0.143. The number of aromatic carboxylic acids is 1. The first-order valence-electron chi connectivity index (χ1n) is 3.08. The highest BCUT2D eigenvalue weighted by atomic mass is 19.1. The SMILES string of the molecule is COc1cnc(C(=O)O)c(F)c1. The summed E-state index contributed by atoms with van der Waals surface area (Å²) in [5.41, 5.74) is -0.601. The van der Waals surface area contributed by atoms with Gasteiger partial charge in [-0.25, -0.2) is 14.2 Å². The average molecular weight is 171 g/mol. The van der Waals surface area contributed by atoms with E-state index in [1.165, 1.54) is 7.11 Å². The predicted molar refractivity (Wildman–Crippen MR) is 37.7 cm³/mol. The van der Waals surface area contributed by atoms with E-state index in [0.717, 1.165) is 12.3 Å². The molecule has 0 aliphatic rings. The van der Waals surface area contributed by atoms with Gasteiger partial charge in [0, 0.05) is 6.07 Å². The zero-order valence-corrected chi connectivity index (χ0v) is 6.24. The van der Waals surface area contributed by atoms with Crippen molar-refractivity contribution in [2.24, 2.45) is 0 Å². The Balaban J connectivity index is 3.12. The number of hydrogen-bond donors (Lipinski definition) is 1. The van der Waals surface area contributed by atoms with Gasteiger partial charge in [0.1, 0.15) is 5.75 Å². The second-order valence-electron chi connectivity index (χ2n) is 2.01. The van der Waals surface area contributed by atoms with Crippen LogP contribution in [0, 0.1) is 5.82 Å². The van der Waals surface area contributed by atoms with Crippen molar-refractivity contribution in [2.75, 3.05) is 7.11 Å². The third kappa shape index (κ3) is 1.50. The Kier molecular flexibility index (Phi) is 2.23. The Labute approximate surface area is 67.6 Å². The van der Waals surface area contributed by atoms with E-state index in [0.29, 0.717) is 0 Å². The van der Waals surface area contributed by atoms with Crippen LogP contribution in [0.4, 0.5) is 4.39 Å². The Morgan fingerprint density at radius 1 is 1.75 bits per heavy atom. The van der Waals surface area contributed by atoms with Gasteiger partial charge in [-0.05, 0) is 0 Å². The van der Waals surface area contributed by atoms with Crippen molar-refractivity contribution in [2.45, 2.75) is 0 Å². The highest BCUT2D eigenvalue weighted by molar-refractivity contribution is 5.85. The van der Waals surface area contributed by atoms with Gasteiger partial charge in [-0.1, -0.05) is 0 Å². The van der Waals surface area contributed by atoms with E-state index < -0.39 is 17.5 Å². The molecular formula is C7H6FNO3. The highest BCUT2D eigenvalue weighted by Crippen LogP contribution is 2.12. The number of ether oxygens (including phenoxy) is 1. The van der Waals surface area contributed by atoms with Crippen LogP contribution in [0.25, 0.3) is 0 Å². The number of methoxy groups -OCH3 is 1. The van der Waals surface area contributed by atoms with Gasteiger partial charge in [0.2, 0.25) is 0 Å². The molecule has 0 unspecified atom stereocenters. The first-order valence-corrected chi connectivity index (χ1v) is 3.08.